The lowest BCUT2D eigenvalue weighted by atomic mass is 9.87. The normalized spacial score (nSPS) is 17.4. The van der Waals surface area contributed by atoms with Gasteiger partial charge in [0.15, 0.2) is 4.90 Å². The molecule has 1 aromatic heterocycles. The van der Waals surface area contributed by atoms with Gasteiger partial charge in [-0.2, -0.15) is 13.2 Å². The average Bonchev–Trinajstić information content (AvgIpc) is 3.27. The molecule has 214 valence electrons. The van der Waals surface area contributed by atoms with Gasteiger partial charge in [0.2, 0.25) is 0 Å². The Kier molecular flexibility index (Phi) is 9.66. The summed E-state index contributed by atoms with van der Waals surface area (Å²) in [6, 6.07) is 12.6. The van der Waals surface area contributed by atoms with Gasteiger partial charge in [0.1, 0.15) is 12.4 Å². The molecule has 1 aliphatic carbocycles. The Bertz CT molecular complexity index is 1420. The number of carbonyl (C=O) groups is 1. The van der Waals surface area contributed by atoms with Crippen molar-refractivity contribution in [2.24, 2.45) is 5.92 Å². The number of alkyl halides is 4. The number of nitrogens with one attached hydrogen (secondary N) is 1. The van der Waals surface area contributed by atoms with E-state index in [0.717, 1.165) is 6.08 Å². The molecular formula is C29H29ClF4N2O3S. The predicted octanol–water partition coefficient (Wildman–Crippen LogP) is 6.38. The summed E-state index contributed by atoms with van der Waals surface area (Å²) in [5.74, 6) is -0.862. The number of aromatic nitrogens is 1. The van der Waals surface area contributed by atoms with Gasteiger partial charge in [0, 0.05) is 32.8 Å². The average molecular weight is 597 g/mol. The van der Waals surface area contributed by atoms with Crippen LogP contribution in [0.3, 0.4) is 0 Å². The zero-order chi connectivity index (χ0) is 29.0. The van der Waals surface area contributed by atoms with E-state index in [0.29, 0.717) is 32.8 Å². The van der Waals surface area contributed by atoms with Crippen molar-refractivity contribution in [1.29, 1.82) is 0 Å². The van der Waals surface area contributed by atoms with Gasteiger partial charge in [0.05, 0.1) is 19.2 Å². The van der Waals surface area contributed by atoms with E-state index in [4.69, 9.17) is 11.6 Å². The molecule has 5 nitrogen and oxygen atoms in total. The first-order chi connectivity index (χ1) is 19.0. The van der Waals surface area contributed by atoms with Gasteiger partial charge < -0.3 is 19.5 Å². The van der Waals surface area contributed by atoms with E-state index in [1.54, 1.807) is 59.2 Å². The fraction of sp³-hybridized carbons (Fsp3) is 0.345. The van der Waals surface area contributed by atoms with Crippen molar-refractivity contribution < 1.29 is 32.0 Å². The second-order valence-corrected chi connectivity index (χ2v) is 11.7. The number of benzene rings is 2. The zero-order valence-electron chi connectivity index (χ0n) is 21.7. The lowest BCUT2D eigenvalue weighted by Gasteiger charge is -2.25. The van der Waals surface area contributed by atoms with Crippen molar-refractivity contribution in [3.63, 3.8) is 0 Å². The van der Waals surface area contributed by atoms with E-state index in [9.17, 15) is 32.0 Å². The molecule has 3 atom stereocenters. The number of hydrogen-bond acceptors (Lipinski definition) is 3. The number of aliphatic hydroxyl groups is 1. The minimum Gasteiger partial charge on any atom is -0.611 e. The molecule has 0 bridgehead atoms. The number of carbonyl (C=O) groups excluding carboxylic acids is 1. The minimum absolute atomic E-state index is 0.0215. The number of halogens is 5. The molecule has 0 aliphatic heterocycles. The minimum atomic E-state index is -4.54. The third-order valence-electron chi connectivity index (χ3n) is 6.97. The maximum Gasteiger partial charge on any atom is 0.413 e. The Balaban J connectivity index is 1.58. The Morgan fingerprint density at radius 3 is 2.58 bits per heavy atom. The molecule has 0 saturated carbocycles. The summed E-state index contributed by atoms with van der Waals surface area (Å²) < 4.78 is 68.2. The van der Waals surface area contributed by atoms with Gasteiger partial charge in [-0.15, -0.1) is 0 Å². The highest BCUT2D eigenvalue weighted by Crippen LogP contribution is 2.40. The highest BCUT2D eigenvalue weighted by Gasteiger charge is 2.39. The first-order valence-corrected chi connectivity index (χ1v) is 14.5. The van der Waals surface area contributed by atoms with E-state index in [1.807, 2.05) is 6.92 Å². The maximum atomic E-state index is 13.7. The van der Waals surface area contributed by atoms with Crippen LogP contribution in [0.4, 0.5) is 17.6 Å². The van der Waals surface area contributed by atoms with Crippen molar-refractivity contribution in [3.05, 3.63) is 88.1 Å². The number of aliphatic hydroxyl groups excluding tert-OH is 1. The number of hydrogen-bond donors (Lipinski definition) is 2. The molecular weight excluding hydrogens is 568 g/mol. The first kappa shape index (κ1) is 30.2. The fourth-order valence-corrected chi connectivity index (χ4v) is 5.93. The third-order valence-corrected chi connectivity index (χ3v) is 8.55. The second-order valence-electron chi connectivity index (χ2n) is 9.48. The summed E-state index contributed by atoms with van der Waals surface area (Å²) in [6.45, 7) is 0.701. The number of rotatable bonds is 10. The van der Waals surface area contributed by atoms with E-state index in [2.05, 4.69) is 5.32 Å². The predicted molar refractivity (Wildman–Crippen MR) is 148 cm³/mol. The molecule has 2 N–H and O–H groups in total. The van der Waals surface area contributed by atoms with Crippen LogP contribution in [0, 0.1) is 5.92 Å². The molecule has 0 spiro atoms. The quantitative estimate of drug-likeness (QED) is 0.211. The van der Waals surface area contributed by atoms with Crippen LogP contribution in [-0.4, -0.2) is 45.3 Å². The summed E-state index contributed by atoms with van der Waals surface area (Å²) in [4.78, 5) is 13.7. The van der Waals surface area contributed by atoms with Gasteiger partial charge in [-0.25, -0.2) is 4.39 Å². The highest BCUT2D eigenvalue weighted by atomic mass is 35.5. The topological polar surface area (TPSA) is 77.3 Å². The molecule has 11 heteroatoms. The summed E-state index contributed by atoms with van der Waals surface area (Å²) in [5, 5.41) is 13.3. The number of amides is 1. The molecule has 40 heavy (non-hydrogen) atoms. The number of nitrogens with zero attached hydrogens (tertiary/aromatic N) is 1. The Morgan fingerprint density at radius 2 is 1.95 bits per heavy atom. The van der Waals surface area contributed by atoms with E-state index in [1.165, 1.54) is 0 Å². The molecule has 1 amide bonds. The zero-order valence-corrected chi connectivity index (χ0v) is 23.3. The van der Waals surface area contributed by atoms with Crippen LogP contribution in [0.25, 0.3) is 10.9 Å². The largest absolute Gasteiger partial charge is 0.611 e. The van der Waals surface area contributed by atoms with Crippen molar-refractivity contribution in [2.75, 3.05) is 19.0 Å². The molecule has 3 unspecified atom stereocenters. The van der Waals surface area contributed by atoms with Crippen molar-refractivity contribution in [3.8, 4) is 0 Å². The van der Waals surface area contributed by atoms with Gasteiger partial charge in [-0.3, -0.25) is 4.79 Å². The monoisotopic (exact) mass is 596 g/mol. The van der Waals surface area contributed by atoms with E-state index in [-0.39, 0.29) is 36.6 Å². The Labute approximate surface area is 237 Å². The van der Waals surface area contributed by atoms with Crippen LogP contribution in [0.1, 0.15) is 41.0 Å². The van der Waals surface area contributed by atoms with Gasteiger partial charge in [0.25, 0.3) is 5.91 Å². The van der Waals surface area contributed by atoms with Crippen molar-refractivity contribution in [1.82, 2.24) is 9.88 Å². The van der Waals surface area contributed by atoms with Crippen LogP contribution < -0.4 is 5.32 Å². The van der Waals surface area contributed by atoms with Crippen LogP contribution in [0.15, 0.2) is 76.2 Å². The second kappa shape index (κ2) is 12.8. The SMILES string of the molecule is CC[S+]([O-])c1ccc(C(CO)NC(=O)c2ccc3c(c2)cc(CC2CC=C(Cl)C=C2C(F)(F)F)n3CCF)cc1. The molecule has 2 aromatic carbocycles. The molecule has 1 aliphatic rings. The van der Waals surface area contributed by atoms with Crippen LogP contribution in [0.2, 0.25) is 0 Å². The number of aryl methyl sites for hydroxylation is 1. The van der Waals surface area contributed by atoms with Gasteiger partial charge in [-0.1, -0.05) is 29.8 Å². The van der Waals surface area contributed by atoms with Crippen LogP contribution in [0.5, 0.6) is 0 Å². The molecule has 1 heterocycles. The summed E-state index contributed by atoms with van der Waals surface area (Å²) in [6.07, 6.45) is -1.94. The van der Waals surface area contributed by atoms with Crippen LogP contribution in [-0.2, 0) is 24.1 Å². The molecule has 4 rings (SSSR count). The Hall–Kier alpha value is -2.79. The lowest BCUT2D eigenvalue weighted by Crippen LogP contribution is -2.30. The van der Waals surface area contributed by atoms with E-state index < -0.39 is 47.5 Å². The Morgan fingerprint density at radius 1 is 1.23 bits per heavy atom. The number of fused-ring (bicyclic) bond motifs is 1. The summed E-state index contributed by atoms with van der Waals surface area (Å²) in [7, 11) is 0. The van der Waals surface area contributed by atoms with Gasteiger partial charge in [-0.05, 0) is 84.9 Å². The first-order valence-electron chi connectivity index (χ1n) is 12.8. The molecule has 3 aromatic rings. The smallest absolute Gasteiger partial charge is 0.413 e. The molecule has 0 radical (unpaired) electrons. The number of allylic oxidation sites excluding steroid dienone is 4. The maximum absolute atomic E-state index is 13.7. The molecule has 0 saturated heterocycles. The highest BCUT2D eigenvalue weighted by molar-refractivity contribution is 7.91. The lowest BCUT2D eigenvalue weighted by molar-refractivity contribution is -0.0992. The standard InChI is InChI=1S/C29H29ClF4N2O3S/c1-2-40(39)24-8-4-18(5-9-24)26(17-37)35-28(38)20-6-10-27-21(13-20)15-23(36(27)12-11-31)14-19-3-7-22(30)16-25(19)29(32,33)34/h4-10,13,15-16,19,26,37H,2-3,11-12,14,17H2,1H3,(H,35,38). The third kappa shape index (κ3) is 6.74. The van der Waals surface area contributed by atoms with E-state index >= 15 is 0 Å². The summed E-state index contributed by atoms with van der Waals surface area (Å²) in [5.41, 5.74) is 1.32. The van der Waals surface area contributed by atoms with Crippen molar-refractivity contribution in [2.45, 2.75) is 43.4 Å². The summed E-state index contributed by atoms with van der Waals surface area (Å²) >= 11 is 4.73. The molecule has 0 fully saturated rings. The van der Waals surface area contributed by atoms with Gasteiger partial charge >= 0.3 is 6.18 Å². The van der Waals surface area contributed by atoms with Crippen molar-refractivity contribution >= 4 is 39.6 Å². The fourth-order valence-electron chi connectivity index (χ4n) is 4.95. The van der Waals surface area contributed by atoms with Crippen LogP contribution >= 0.6 is 11.6 Å².